The van der Waals surface area contributed by atoms with E-state index in [0.29, 0.717) is 0 Å². The molecule has 25 heavy (non-hydrogen) atoms. The van der Waals surface area contributed by atoms with E-state index < -0.39 is 0 Å². The summed E-state index contributed by atoms with van der Waals surface area (Å²) in [4.78, 5) is 9.21. The van der Waals surface area contributed by atoms with Crippen LogP contribution in [0, 0.1) is 0 Å². The second-order valence-electron chi connectivity index (χ2n) is 7.76. The van der Waals surface area contributed by atoms with Crippen molar-refractivity contribution in [2.24, 2.45) is 0 Å². The molecule has 0 radical (unpaired) electrons. The number of β-amino-alcohol motifs (C(OH)–C–C–N with tert-alkyl or cyclic N) is 1. The maximum Gasteiger partial charge on any atom is 1.00 e. The first-order valence-corrected chi connectivity index (χ1v) is 9.10. The number of hydrogen-bond acceptors (Lipinski definition) is 5. The van der Waals surface area contributed by atoms with E-state index in [1.807, 2.05) is 6.20 Å². The molecule has 0 spiro atoms. The van der Waals surface area contributed by atoms with Crippen LogP contribution in [0.15, 0.2) is 18.3 Å². The van der Waals surface area contributed by atoms with Crippen molar-refractivity contribution < 1.29 is 61.6 Å². The SMILES string of the molecule is CC(C)(C)c1ccc(N2CCN(CCO)CC2)nc1.[K+].[O-]C1CCC1. The normalized spacial score (nSPS) is 18.7. The minimum Gasteiger partial charge on any atom is -0.852 e. The molecule has 3 rings (SSSR count). The van der Waals surface area contributed by atoms with Gasteiger partial charge in [0.2, 0.25) is 0 Å². The summed E-state index contributed by atoms with van der Waals surface area (Å²) in [5.41, 5.74) is 1.43. The fraction of sp³-hybridized carbons (Fsp3) is 0.737. The van der Waals surface area contributed by atoms with Crippen molar-refractivity contribution in [2.45, 2.75) is 51.6 Å². The van der Waals surface area contributed by atoms with Crippen molar-refractivity contribution in [3.63, 3.8) is 0 Å². The van der Waals surface area contributed by atoms with Gasteiger partial charge in [-0.15, -0.1) is 6.10 Å². The molecule has 6 heteroatoms. The first kappa shape index (κ1) is 23.5. The van der Waals surface area contributed by atoms with E-state index in [-0.39, 0.29) is 69.5 Å². The molecule has 1 saturated heterocycles. The Morgan fingerprint density at radius 1 is 1.16 bits per heavy atom. The van der Waals surface area contributed by atoms with E-state index in [0.717, 1.165) is 51.4 Å². The third-order valence-corrected chi connectivity index (χ3v) is 4.78. The van der Waals surface area contributed by atoms with Gasteiger partial charge in [-0.25, -0.2) is 4.98 Å². The van der Waals surface area contributed by atoms with Gasteiger partial charge in [-0.05, 0) is 17.0 Å². The molecule has 1 N–H and O–H groups in total. The molecule has 0 amide bonds. The van der Waals surface area contributed by atoms with Gasteiger partial charge in [-0.1, -0.05) is 46.1 Å². The molecule has 0 unspecified atom stereocenters. The molecule has 0 bridgehead atoms. The quantitative estimate of drug-likeness (QED) is 0.647. The first-order chi connectivity index (χ1) is 11.4. The predicted molar refractivity (Wildman–Crippen MR) is 96.3 cm³/mol. The van der Waals surface area contributed by atoms with Gasteiger partial charge < -0.3 is 15.1 Å². The van der Waals surface area contributed by atoms with E-state index >= 15 is 0 Å². The number of aliphatic hydroxyl groups excluding tert-OH is 1. The van der Waals surface area contributed by atoms with Crippen LogP contribution in [0.1, 0.15) is 45.6 Å². The largest absolute Gasteiger partial charge is 1.00 e. The molecule has 1 saturated carbocycles. The first-order valence-electron chi connectivity index (χ1n) is 9.10. The van der Waals surface area contributed by atoms with Gasteiger partial charge in [0.1, 0.15) is 5.82 Å². The Balaban J connectivity index is 0.000000448. The van der Waals surface area contributed by atoms with Gasteiger partial charge in [0.15, 0.2) is 0 Å². The Morgan fingerprint density at radius 3 is 2.12 bits per heavy atom. The fourth-order valence-electron chi connectivity index (χ4n) is 2.73. The Morgan fingerprint density at radius 2 is 1.76 bits per heavy atom. The maximum absolute atomic E-state index is 9.98. The number of hydrogen-bond donors (Lipinski definition) is 1. The van der Waals surface area contributed by atoms with E-state index in [4.69, 9.17) is 5.11 Å². The zero-order valence-electron chi connectivity index (χ0n) is 16.4. The average Bonchev–Trinajstić information content (AvgIpc) is 2.54. The van der Waals surface area contributed by atoms with Crippen molar-refractivity contribution in [3.05, 3.63) is 23.9 Å². The summed E-state index contributed by atoms with van der Waals surface area (Å²) in [6, 6.07) is 4.31. The van der Waals surface area contributed by atoms with Crippen molar-refractivity contribution in [3.8, 4) is 0 Å². The Kier molecular flexibility index (Phi) is 10.7. The van der Waals surface area contributed by atoms with Crippen LogP contribution in [0.4, 0.5) is 5.82 Å². The van der Waals surface area contributed by atoms with Crippen LogP contribution in [0.25, 0.3) is 0 Å². The van der Waals surface area contributed by atoms with Gasteiger partial charge in [-0.3, -0.25) is 4.90 Å². The van der Waals surface area contributed by atoms with Crippen LogP contribution in [0.3, 0.4) is 0 Å². The van der Waals surface area contributed by atoms with Gasteiger partial charge in [-0.2, -0.15) is 0 Å². The standard InChI is InChI=1S/C15H25N3O.C4H7O.K/c1-15(2,3)13-4-5-14(16-12-13)18-8-6-17(7-9-18)10-11-19;5-4-2-1-3-4;/h4-5,12,19H,6-11H2,1-3H3;4H,1-3H2;/q;-1;+1. The zero-order chi connectivity index (χ0) is 17.6. The zero-order valence-corrected chi connectivity index (χ0v) is 19.5. The Hall–Kier alpha value is 0.466. The molecule has 1 aliphatic heterocycles. The van der Waals surface area contributed by atoms with Gasteiger partial charge in [0.05, 0.1) is 6.61 Å². The molecule has 1 aromatic heterocycles. The van der Waals surface area contributed by atoms with Crippen LogP contribution in [-0.4, -0.2) is 60.4 Å². The van der Waals surface area contributed by atoms with E-state index in [9.17, 15) is 5.11 Å². The van der Waals surface area contributed by atoms with Crippen LogP contribution in [-0.2, 0) is 5.41 Å². The van der Waals surface area contributed by atoms with E-state index in [1.54, 1.807) is 0 Å². The molecule has 5 nitrogen and oxygen atoms in total. The molecule has 2 fully saturated rings. The Bertz CT molecular complexity index is 478. The summed E-state index contributed by atoms with van der Waals surface area (Å²) < 4.78 is 0. The molecule has 2 aliphatic rings. The monoisotopic (exact) mass is 373 g/mol. The van der Waals surface area contributed by atoms with Gasteiger partial charge >= 0.3 is 51.4 Å². The van der Waals surface area contributed by atoms with Crippen LogP contribution >= 0.6 is 0 Å². The van der Waals surface area contributed by atoms with Crippen molar-refractivity contribution in [1.29, 1.82) is 0 Å². The number of aliphatic hydroxyl groups is 1. The second kappa shape index (κ2) is 11.3. The molecular formula is C19H32KN3O2. The number of pyridine rings is 1. The number of nitrogens with zero attached hydrogens (tertiary/aromatic N) is 3. The summed E-state index contributed by atoms with van der Waals surface area (Å²) in [5.74, 6) is 1.07. The summed E-state index contributed by atoms with van der Waals surface area (Å²) in [5, 5.41) is 18.9. The minimum absolute atomic E-state index is 0. The summed E-state index contributed by atoms with van der Waals surface area (Å²) >= 11 is 0. The number of anilines is 1. The summed E-state index contributed by atoms with van der Waals surface area (Å²) in [6.45, 7) is 11.6. The van der Waals surface area contributed by atoms with Crippen molar-refractivity contribution >= 4 is 5.82 Å². The number of aromatic nitrogens is 1. The van der Waals surface area contributed by atoms with E-state index in [1.165, 1.54) is 12.0 Å². The molecular weight excluding hydrogens is 341 g/mol. The third-order valence-electron chi connectivity index (χ3n) is 4.78. The van der Waals surface area contributed by atoms with Crippen LogP contribution in [0.5, 0.6) is 0 Å². The van der Waals surface area contributed by atoms with Crippen LogP contribution < -0.4 is 61.4 Å². The summed E-state index contributed by atoms with van der Waals surface area (Å²) in [6.07, 6.45) is 4.85. The van der Waals surface area contributed by atoms with Gasteiger partial charge in [0.25, 0.3) is 0 Å². The topological polar surface area (TPSA) is 62.7 Å². The molecule has 2 heterocycles. The van der Waals surface area contributed by atoms with Crippen molar-refractivity contribution in [1.82, 2.24) is 9.88 Å². The molecule has 1 aliphatic carbocycles. The Labute approximate surface area is 195 Å². The number of piperazine rings is 1. The molecule has 136 valence electrons. The molecule has 0 atom stereocenters. The van der Waals surface area contributed by atoms with Crippen molar-refractivity contribution in [2.75, 3.05) is 44.2 Å². The molecule has 1 aromatic rings. The molecule has 0 aromatic carbocycles. The summed E-state index contributed by atoms with van der Waals surface area (Å²) in [7, 11) is 0. The predicted octanol–water partition coefficient (Wildman–Crippen LogP) is -1.60. The van der Waals surface area contributed by atoms with E-state index in [2.05, 4.69) is 47.7 Å². The smallest absolute Gasteiger partial charge is 0.852 e. The third kappa shape index (κ3) is 7.93. The maximum atomic E-state index is 9.98. The minimum atomic E-state index is -0.185. The fourth-order valence-corrected chi connectivity index (χ4v) is 2.73. The number of rotatable bonds is 3. The van der Waals surface area contributed by atoms with Crippen LogP contribution in [0.2, 0.25) is 0 Å². The average molecular weight is 374 g/mol. The van der Waals surface area contributed by atoms with Gasteiger partial charge in [0, 0.05) is 38.9 Å². The second-order valence-corrected chi connectivity index (χ2v) is 7.76.